The molecule has 0 amide bonds. The lowest BCUT2D eigenvalue weighted by Gasteiger charge is -2.18. The average molecular weight is 965 g/mol. The fourth-order valence-electron chi connectivity index (χ4n) is 9.89. The molecule has 1 fully saturated rings. The molecule has 70 heavy (non-hydrogen) atoms. The van der Waals surface area contributed by atoms with Crippen LogP contribution in [-0.4, -0.2) is 54.9 Å². The third kappa shape index (κ3) is 13.9. The zero-order valence-electron chi connectivity index (χ0n) is 40.7. The van der Waals surface area contributed by atoms with Gasteiger partial charge in [-0.05, 0) is 147 Å². The summed E-state index contributed by atoms with van der Waals surface area (Å²) < 4.78 is 2.21. The molecule has 10 heteroatoms. The van der Waals surface area contributed by atoms with Gasteiger partial charge in [-0.15, -0.1) is 22.7 Å². The van der Waals surface area contributed by atoms with Gasteiger partial charge in [-0.25, -0.2) is 19.9 Å². The van der Waals surface area contributed by atoms with Gasteiger partial charge in [0.1, 0.15) is 11.7 Å². The van der Waals surface area contributed by atoms with Gasteiger partial charge in [-0.1, -0.05) is 97.1 Å². The van der Waals surface area contributed by atoms with Crippen LogP contribution in [0.25, 0.3) is 17.0 Å². The highest BCUT2D eigenvalue weighted by atomic mass is 32.1. The van der Waals surface area contributed by atoms with E-state index in [4.69, 9.17) is 0 Å². The van der Waals surface area contributed by atoms with Gasteiger partial charge in [0.2, 0.25) is 0 Å². The normalized spacial score (nSPS) is 16.1. The van der Waals surface area contributed by atoms with E-state index in [2.05, 4.69) is 149 Å². The smallest absolute Gasteiger partial charge is 0.108 e. The van der Waals surface area contributed by atoms with Gasteiger partial charge in [0.15, 0.2) is 0 Å². The van der Waals surface area contributed by atoms with Gasteiger partial charge in [0, 0.05) is 84.8 Å². The Morgan fingerprint density at radius 2 is 1.23 bits per heavy atom. The Morgan fingerprint density at radius 1 is 0.543 bits per heavy atom. The monoisotopic (exact) mass is 965 g/mol. The number of rotatable bonds is 0. The molecule has 4 aliphatic carbocycles. The molecular formula is C60H68N8S2. The number of para-hydroxylation sites is 2. The van der Waals surface area contributed by atoms with Gasteiger partial charge in [-0.2, -0.15) is 0 Å². The van der Waals surface area contributed by atoms with E-state index in [1.165, 1.54) is 175 Å². The first kappa shape index (κ1) is 48.7. The SMILES string of the molecule is C1=CN=C2CCCN2C1.C1=Cc2ccccc2C1.c1ccc2[nH]ccc2c1.c1ccc2c(c1)CCC2.c1ccc2c(c1)CCN2.c1cn2c(n1)CCC2.c1nc2c(s1)CCC2.c1nc2c(s1)CCCC2. The Morgan fingerprint density at radius 3 is 1.99 bits per heavy atom. The number of nitrogens with zero attached hydrogens (tertiary/aromatic N) is 6. The lowest BCUT2D eigenvalue weighted by atomic mass is 10.0. The van der Waals surface area contributed by atoms with Crippen molar-refractivity contribution in [1.82, 2.24) is 29.4 Å². The maximum atomic E-state index is 4.28. The number of aryl methyl sites for hydroxylation is 8. The standard InChI is InChI=1S/C9H10.C9H8.C8H9N.C8H7N.C7H10N2.C7H9NS.C6H8N2.C6H7NS/c2*1-2-5-9-7-3-6-8(9)4-1;2*1-2-4-8-7(3-1)5-6-9-8;1-3-7-8-4-2-6-9(7)5-1;1-2-4-7-6(3-1)8-5-9-7;1-2-6-7-3-5-8(6)4-1;1-2-5-6(3-1)8-4-7-5/h1-2,4-5H,3,6-7H2;1-6H,7H2;1-4,9H,5-6H2;1-6,9H;2,4H,1,3,5-6H2;5H,1-4H2;3,5H,1-2,4H2;4H,1-3H2. The van der Waals surface area contributed by atoms with Crippen LogP contribution >= 0.6 is 22.7 Å². The molecule has 0 unspecified atom stereocenters. The minimum atomic E-state index is 1.08. The highest BCUT2D eigenvalue weighted by Crippen LogP contribution is 2.25. The number of hydrogen-bond acceptors (Lipinski definition) is 8. The van der Waals surface area contributed by atoms with E-state index in [0.29, 0.717) is 0 Å². The first-order valence-corrected chi connectivity index (χ1v) is 27.4. The summed E-state index contributed by atoms with van der Waals surface area (Å²) in [6, 6.07) is 36.0. The van der Waals surface area contributed by atoms with E-state index in [1.54, 1.807) is 22.5 Å². The summed E-state index contributed by atoms with van der Waals surface area (Å²) in [5.41, 5.74) is 16.6. The molecule has 0 radical (unpaired) electrons. The topological polar surface area (TPSA) is 87.0 Å². The second-order valence-electron chi connectivity index (χ2n) is 18.5. The van der Waals surface area contributed by atoms with Crippen LogP contribution in [0.15, 0.2) is 156 Å². The maximum Gasteiger partial charge on any atom is 0.108 e. The number of benzene rings is 4. The zero-order valence-corrected chi connectivity index (χ0v) is 42.3. The first-order chi connectivity index (χ1) is 34.7. The number of fused-ring (bicyclic) bond motifs is 8. The van der Waals surface area contributed by atoms with Crippen LogP contribution in [0, 0.1) is 0 Å². The van der Waals surface area contributed by atoms with Crippen molar-refractivity contribution in [2.45, 2.75) is 109 Å². The minimum absolute atomic E-state index is 1.08. The summed E-state index contributed by atoms with van der Waals surface area (Å²) in [4.78, 5) is 25.4. The van der Waals surface area contributed by atoms with Crippen LogP contribution in [0.2, 0.25) is 0 Å². The van der Waals surface area contributed by atoms with Gasteiger partial charge < -0.3 is 19.8 Å². The van der Waals surface area contributed by atoms with Gasteiger partial charge in [0.05, 0.1) is 22.4 Å². The predicted molar refractivity (Wildman–Crippen MR) is 295 cm³/mol. The van der Waals surface area contributed by atoms with Gasteiger partial charge >= 0.3 is 0 Å². The van der Waals surface area contributed by atoms with Crippen molar-refractivity contribution in [1.29, 1.82) is 0 Å². The molecule has 0 atom stereocenters. The van der Waals surface area contributed by atoms with E-state index in [1.807, 2.05) is 59.3 Å². The Bertz CT molecular complexity index is 2690. The van der Waals surface area contributed by atoms with Crippen LogP contribution in [-0.2, 0) is 64.3 Å². The van der Waals surface area contributed by atoms with Crippen molar-refractivity contribution < 1.29 is 0 Å². The molecule has 4 aliphatic heterocycles. The molecule has 0 saturated carbocycles. The van der Waals surface area contributed by atoms with Crippen LogP contribution in [0.5, 0.6) is 0 Å². The summed E-state index contributed by atoms with van der Waals surface area (Å²) in [7, 11) is 0. The number of H-pyrrole nitrogens is 1. The van der Waals surface area contributed by atoms with E-state index in [-0.39, 0.29) is 0 Å². The molecule has 0 bridgehead atoms. The maximum absolute atomic E-state index is 4.28. The molecule has 2 N–H and O–H groups in total. The number of aliphatic imine (C=N–C) groups is 1. The number of imidazole rings is 1. The molecule has 1 saturated heterocycles. The fraction of sp³-hybridized carbons (Fsp3) is 0.333. The zero-order chi connectivity index (χ0) is 47.4. The number of aromatic nitrogens is 5. The summed E-state index contributed by atoms with van der Waals surface area (Å²) >= 11 is 3.62. The molecule has 8 aliphatic rings. The van der Waals surface area contributed by atoms with E-state index in [0.717, 1.165) is 19.5 Å². The lowest BCUT2D eigenvalue weighted by Crippen LogP contribution is -2.26. The Labute approximate surface area is 423 Å². The van der Waals surface area contributed by atoms with Crippen molar-refractivity contribution in [3.63, 3.8) is 0 Å². The lowest BCUT2D eigenvalue weighted by molar-refractivity contribution is 0.497. The van der Waals surface area contributed by atoms with Crippen molar-refractivity contribution >= 4 is 51.2 Å². The molecule has 8 aromatic rings. The Hall–Kier alpha value is -6.36. The highest BCUT2D eigenvalue weighted by molar-refractivity contribution is 7.10. The van der Waals surface area contributed by atoms with Gasteiger partial charge in [-0.3, -0.25) is 0 Å². The number of aromatic amines is 1. The van der Waals surface area contributed by atoms with Gasteiger partial charge in [0.25, 0.3) is 0 Å². The van der Waals surface area contributed by atoms with Crippen LogP contribution in [0.3, 0.4) is 0 Å². The average Bonchev–Trinajstić information content (AvgIpc) is 4.26. The molecule has 4 aromatic heterocycles. The van der Waals surface area contributed by atoms with E-state index < -0.39 is 0 Å². The van der Waals surface area contributed by atoms with Crippen LogP contribution in [0.1, 0.15) is 99.7 Å². The summed E-state index contributed by atoms with van der Waals surface area (Å²) in [6.45, 7) is 4.58. The summed E-state index contributed by atoms with van der Waals surface area (Å²) in [5, 5.41) is 4.58. The van der Waals surface area contributed by atoms with Crippen molar-refractivity contribution in [2.24, 2.45) is 4.99 Å². The van der Waals surface area contributed by atoms with E-state index in [9.17, 15) is 0 Å². The fourth-order valence-corrected chi connectivity index (χ4v) is 11.6. The Balaban J connectivity index is 0.0000000994. The number of anilines is 1. The largest absolute Gasteiger partial charge is 0.384 e. The van der Waals surface area contributed by atoms with Crippen LogP contribution < -0.4 is 5.32 Å². The van der Waals surface area contributed by atoms with Crippen molar-refractivity contribution in [3.05, 3.63) is 206 Å². The van der Waals surface area contributed by atoms with Crippen LogP contribution in [0.4, 0.5) is 5.69 Å². The number of amidine groups is 1. The second-order valence-corrected chi connectivity index (χ2v) is 20.3. The van der Waals surface area contributed by atoms with E-state index >= 15 is 0 Å². The highest BCUT2D eigenvalue weighted by Gasteiger charge is 2.18. The summed E-state index contributed by atoms with van der Waals surface area (Å²) in [5.74, 6) is 2.54. The quantitative estimate of drug-likeness (QED) is 0.158. The predicted octanol–water partition coefficient (Wildman–Crippen LogP) is 13.7. The molecule has 8 heterocycles. The molecule has 360 valence electrons. The molecule has 8 nitrogen and oxygen atoms in total. The van der Waals surface area contributed by atoms with Crippen molar-refractivity contribution in [2.75, 3.05) is 25.0 Å². The number of nitrogens with one attached hydrogen (secondary N) is 2. The number of thiazole rings is 2. The number of allylic oxidation sites excluding steroid dienone is 1. The summed E-state index contributed by atoms with van der Waals surface area (Å²) in [6.07, 6.45) is 34.5. The molecule has 16 rings (SSSR count). The second kappa shape index (κ2) is 26.0. The third-order valence-electron chi connectivity index (χ3n) is 13.7. The minimum Gasteiger partial charge on any atom is -0.384 e. The first-order valence-electron chi connectivity index (χ1n) is 25.7. The molecular weight excluding hydrogens is 897 g/mol. The third-order valence-corrected chi connectivity index (χ3v) is 15.5. The molecule has 4 aromatic carbocycles. The van der Waals surface area contributed by atoms with Crippen molar-refractivity contribution in [3.8, 4) is 0 Å². The Kier molecular flexibility index (Phi) is 18.1. The number of hydrogen-bond donors (Lipinski definition) is 2. The molecule has 0 spiro atoms.